The number of hydrogen-bond donors (Lipinski definition) is 2. The monoisotopic (exact) mass is 373 g/mol. The Morgan fingerprint density at radius 3 is 2.69 bits per heavy atom. The van der Waals surface area contributed by atoms with Crippen molar-refractivity contribution in [3.8, 4) is 0 Å². The number of carbonyl (C=O) groups is 2. The number of benzene rings is 1. The zero-order valence-electron chi connectivity index (χ0n) is 13.8. The Morgan fingerprint density at radius 2 is 2.00 bits per heavy atom. The number of nitrogens with zero attached hydrogens (tertiary/aromatic N) is 4. The van der Waals surface area contributed by atoms with Crippen molar-refractivity contribution in [1.29, 1.82) is 0 Å². The molecule has 1 aromatic carbocycles. The number of aromatic nitrogens is 4. The van der Waals surface area contributed by atoms with E-state index in [0.717, 1.165) is 5.56 Å². The van der Waals surface area contributed by atoms with Crippen LogP contribution >= 0.6 is 11.6 Å². The Bertz CT molecular complexity index is 932. The minimum atomic E-state index is -1.03. The van der Waals surface area contributed by atoms with E-state index in [1.54, 1.807) is 29.1 Å². The van der Waals surface area contributed by atoms with Crippen LogP contribution in [-0.2, 0) is 11.3 Å². The Kier molecular flexibility index (Phi) is 5.04. The standard InChI is InChI=1S/C17H16ClN5O3/c1-11(17(25)26)23-10-13(8-19-23)16(24)20-15-6-7-22(21-15)9-12-2-4-14(18)5-3-12/h2-8,10-11H,9H2,1H3,(H,25,26)(H,20,21,24). The fourth-order valence-corrected chi connectivity index (χ4v) is 2.39. The molecular weight excluding hydrogens is 358 g/mol. The molecule has 2 aromatic heterocycles. The first-order chi connectivity index (χ1) is 12.4. The topological polar surface area (TPSA) is 102 Å². The van der Waals surface area contributed by atoms with Crippen LogP contribution in [0, 0.1) is 0 Å². The van der Waals surface area contributed by atoms with Crippen LogP contribution in [0.1, 0.15) is 28.9 Å². The lowest BCUT2D eigenvalue weighted by Crippen LogP contribution is -2.16. The maximum Gasteiger partial charge on any atom is 0.328 e. The SMILES string of the molecule is CC(C(=O)O)n1cc(C(=O)Nc2ccn(Cc3ccc(Cl)cc3)n2)cn1. The van der Waals surface area contributed by atoms with Gasteiger partial charge in [0.2, 0.25) is 0 Å². The van der Waals surface area contributed by atoms with Crippen LogP contribution in [0.5, 0.6) is 0 Å². The number of halogens is 1. The van der Waals surface area contributed by atoms with E-state index in [-0.39, 0.29) is 5.56 Å². The van der Waals surface area contributed by atoms with E-state index >= 15 is 0 Å². The van der Waals surface area contributed by atoms with Crippen LogP contribution in [0.25, 0.3) is 0 Å². The highest BCUT2D eigenvalue weighted by Crippen LogP contribution is 2.13. The quantitative estimate of drug-likeness (QED) is 0.691. The average molecular weight is 374 g/mol. The van der Waals surface area contributed by atoms with Crippen molar-refractivity contribution >= 4 is 29.3 Å². The largest absolute Gasteiger partial charge is 0.480 e. The van der Waals surface area contributed by atoms with E-state index in [1.807, 2.05) is 12.1 Å². The van der Waals surface area contributed by atoms with Gasteiger partial charge in [-0.15, -0.1) is 0 Å². The van der Waals surface area contributed by atoms with E-state index in [0.29, 0.717) is 17.4 Å². The van der Waals surface area contributed by atoms with Gasteiger partial charge in [-0.25, -0.2) is 4.79 Å². The lowest BCUT2D eigenvalue weighted by molar-refractivity contribution is -0.140. The van der Waals surface area contributed by atoms with Gasteiger partial charge >= 0.3 is 5.97 Å². The predicted molar refractivity (Wildman–Crippen MR) is 95.3 cm³/mol. The molecule has 0 spiro atoms. The molecule has 2 heterocycles. The maximum absolute atomic E-state index is 12.2. The van der Waals surface area contributed by atoms with Gasteiger partial charge in [-0.1, -0.05) is 23.7 Å². The molecule has 0 saturated heterocycles. The summed E-state index contributed by atoms with van der Waals surface area (Å²) in [7, 11) is 0. The number of rotatable bonds is 6. The summed E-state index contributed by atoms with van der Waals surface area (Å²) in [6.45, 7) is 2.02. The number of carbonyl (C=O) groups excluding carboxylic acids is 1. The molecule has 0 saturated carbocycles. The van der Waals surface area contributed by atoms with Gasteiger partial charge in [-0.3, -0.25) is 14.2 Å². The Hall–Kier alpha value is -3.13. The molecule has 0 aliphatic carbocycles. The molecule has 0 aliphatic heterocycles. The van der Waals surface area contributed by atoms with Crippen molar-refractivity contribution in [3.63, 3.8) is 0 Å². The number of amides is 1. The first-order valence-electron chi connectivity index (χ1n) is 7.78. The lowest BCUT2D eigenvalue weighted by atomic mass is 10.2. The normalized spacial score (nSPS) is 11.9. The van der Waals surface area contributed by atoms with Crippen molar-refractivity contribution in [2.75, 3.05) is 5.32 Å². The summed E-state index contributed by atoms with van der Waals surface area (Å²) in [6.07, 6.45) is 4.46. The highest BCUT2D eigenvalue weighted by atomic mass is 35.5. The Morgan fingerprint density at radius 1 is 1.27 bits per heavy atom. The zero-order valence-corrected chi connectivity index (χ0v) is 14.6. The van der Waals surface area contributed by atoms with Gasteiger partial charge in [0.25, 0.3) is 5.91 Å². The van der Waals surface area contributed by atoms with Crippen molar-refractivity contribution in [2.45, 2.75) is 19.5 Å². The number of carboxylic acids is 1. The first-order valence-corrected chi connectivity index (χ1v) is 8.16. The van der Waals surface area contributed by atoms with Crippen LogP contribution < -0.4 is 5.32 Å². The van der Waals surface area contributed by atoms with Crippen LogP contribution in [0.3, 0.4) is 0 Å². The van der Waals surface area contributed by atoms with Crippen molar-refractivity contribution < 1.29 is 14.7 Å². The molecule has 0 aliphatic rings. The molecule has 3 aromatic rings. The number of hydrogen-bond acceptors (Lipinski definition) is 4. The number of nitrogens with one attached hydrogen (secondary N) is 1. The van der Waals surface area contributed by atoms with Gasteiger partial charge in [0.15, 0.2) is 5.82 Å². The lowest BCUT2D eigenvalue weighted by Gasteiger charge is -2.05. The fourth-order valence-electron chi connectivity index (χ4n) is 2.26. The van der Waals surface area contributed by atoms with Crippen molar-refractivity contribution in [2.24, 2.45) is 0 Å². The second-order valence-corrected chi connectivity index (χ2v) is 6.14. The number of aliphatic carboxylic acids is 1. The summed E-state index contributed by atoms with van der Waals surface area (Å²) in [4.78, 5) is 23.2. The average Bonchev–Trinajstić information content (AvgIpc) is 3.26. The molecule has 1 amide bonds. The molecule has 134 valence electrons. The molecule has 0 fully saturated rings. The second kappa shape index (κ2) is 7.40. The highest BCUT2D eigenvalue weighted by Gasteiger charge is 2.17. The van der Waals surface area contributed by atoms with Crippen molar-refractivity contribution in [3.05, 3.63) is 65.1 Å². The Balaban J connectivity index is 1.64. The summed E-state index contributed by atoms with van der Waals surface area (Å²) in [5.41, 5.74) is 1.28. The summed E-state index contributed by atoms with van der Waals surface area (Å²) in [6, 6.07) is 8.24. The molecule has 1 atom stereocenters. The highest BCUT2D eigenvalue weighted by molar-refractivity contribution is 6.30. The summed E-state index contributed by atoms with van der Waals surface area (Å²) >= 11 is 5.86. The van der Waals surface area contributed by atoms with Gasteiger partial charge in [-0.2, -0.15) is 10.2 Å². The molecule has 8 nitrogen and oxygen atoms in total. The maximum atomic E-state index is 12.2. The molecule has 26 heavy (non-hydrogen) atoms. The van der Waals surface area contributed by atoms with E-state index in [9.17, 15) is 9.59 Å². The smallest absolute Gasteiger partial charge is 0.328 e. The minimum absolute atomic E-state index is 0.255. The molecule has 0 radical (unpaired) electrons. The molecule has 1 unspecified atom stereocenters. The summed E-state index contributed by atoms with van der Waals surface area (Å²) in [5.74, 6) is -1.05. The molecular formula is C17H16ClN5O3. The van der Waals surface area contributed by atoms with E-state index in [2.05, 4.69) is 15.5 Å². The summed E-state index contributed by atoms with van der Waals surface area (Å²) in [5, 5.41) is 20.5. The Labute approximate surface area is 154 Å². The van der Waals surface area contributed by atoms with Crippen LogP contribution in [-0.4, -0.2) is 36.5 Å². The summed E-state index contributed by atoms with van der Waals surface area (Å²) < 4.78 is 2.91. The van der Waals surface area contributed by atoms with Gasteiger partial charge < -0.3 is 10.4 Å². The molecule has 0 bridgehead atoms. The third-order valence-corrected chi connectivity index (χ3v) is 4.01. The van der Waals surface area contributed by atoms with Crippen LogP contribution in [0.15, 0.2) is 48.9 Å². The number of anilines is 1. The van der Waals surface area contributed by atoms with Gasteiger partial charge in [0.1, 0.15) is 6.04 Å². The number of carboxylic acid groups (broad SMARTS) is 1. The van der Waals surface area contributed by atoms with E-state index in [4.69, 9.17) is 16.7 Å². The van der Waals surface area contributed by atoms with Crippen molar-refractivity contribution in [1.82, 2.24) is 19.6 Å². The van der Waals surface area contributed by atoms with E-state index in [1.165, 1.54) is 24.0 Å². The minimum Gasteiger partial charge on any atom is -0.480 e. The predicted octanol–water partition coefficient (Wildman–Crippen LogP) is 2.68. The van der Waals surface area contributed by atoms with Gasteiger partial charge in [0, 0.05) is 23.5 Å². The van der Waals surface area contributed by atoms with Crippen LogP contribution in [0.4, 0.5) is 5.82 Å². The van der Waals surface area contributed by atoms with Gasteiger partial charge in [-0.05, 0) is 24.6 Å². The third kappa shape index (κ3) is 4.09. The molecule has 2 N–H and O–H groups in total. The second-order valence-electron chi connectivity index (χ2n) is 5.70. The first kappa shape index (κ1) is 17.7. The molecule has 3 rings (SSSR count). The van der Waals surface area contributed by atoms with E-state index < -0.39 is 17.9 Å². The third-order valence-electron chi connectivity index (χ3n) is 3.76. The molecule has 9 heteroatoms. The van der Waals surface area contributed by atoms with Crippen LogP contribution in [0.2, 0.25) is 5.02 Å². The van der Waals surface area contributed by atoms with Gasteiger partial charge in [0.05, 0.1) is 18.3 Å². The fraction of sp³-hybridized carbons (Fsp3) is 0.176. The zero-order chi connectivity index (χ0) is 18.7.